The molecule has 82 valence electrons. The number of hydrogen-bond acceptors (Lipinski definition) is 2. The van der Waals surface area contributed by atoms with Crippen molar-refractivity contribution in [1.82, 2.24) is 0 Å². The lowest BCUT2D eigenvalue weighted by Crippen LogP contribution is -2.25. The Labute approximate surface area is 96.2 Å². The normalized spacial score (nSPS) is 25.5. The van der Waals surface area contributed by atoms with Crippen molar-refractivity contribution in [2.45, 2.75) is 31.5 Å². The Bertz CT molecular complexity index is 356. The van der Waals surface area contributed by atoms with E-state index in [9.17, 15) is 9.50 Å². The topological polar surface area (TPSA) is 29.5 Å². The number of aliphatic hydroxyl groups excluding tert-OH is 1. The summed E-state index contributed by atoms with van der Waals surface area (Å²) in [5.74, 6) is 0.281. The van der Waals surface area contributed by atoms with Crippen LogP contribution in [0.15, 0.2) is 22.7 Å². The molecule has 4 heteroatoms. The molecule has 2 atom stereocenters. The highest BCUT2D eigenvalue weighted by molar-refractivity contribution is 9.10. The van der Waals surface area contributed by atoms with Crippen LogP contribution in [0.3, 0.4) is 0 Å². The van der Waals surface area contributed by atoms with E-state index in [-0.39, 0.29) is 11.9 Å². The summed E-state index contributed by atoms with van der Waals surface area (Å²) in [6.45, 7) is 0. The zero-order chi connectivity index (χ0) is 10.8. The standard InChI is InChI=1S/C11H12BrFO2/c12-8-6-7(4-5-9(8)13)15-11-3-1-2-10(11)14/h4-6,10-11,14H,1-3H2. The predicted molar refractivity (Wildman–Crippen MR) is 58.4 cm³/mol. The van der Waals surface area contributed by atoms with E-state index in [1.807, 2.05) is 0 Å². The van der Waals surface area contributed by atoms with Crippen LogP contribution in [-0.2, 0) is 0 Å². The first-order valence-corrected chi connectivity index (χ1v) is 5.76. The van der Waals surface area contributed by atoms with Gasteiger partial charge < -0.3 is 9.84 Å². The zero-order valence-electron chi connectivity index (χ0n) is 8.12. The molecule has 0 amide bonds. The van der Waals surface area contributed by atoms with Gasteiger partial charge in [0.15, 0.2) is 0 Å². The largest absolute Gasteiger partial charge is 0.488 e. The van der Waals surface area contributed by atoms with E-state index < -0.39 is 6.10 Å². The highest BCUT2D eigenvalue weighted by Gasteiger charge is 2.26. The number of hydrogen-bond donors (Lipinski definition) is 1. The van der Waals surface area contributed by atoms with Crippen molar-refractivity contribution >= 4 is 15.9 Å². The molecular weight excluding hydrogens is 263 g/mol. The van der Waals surface area contributed by atoms with Crippen LogP contribution in [0.2, 0.25) is 0 Å². The van der Waals surface area contributed by atoms with Crippen LogP contribution < -0.4 is 4.74 Å². The van der Waals surface area contributed by atoms with Crippen LogP contribution in [-0.4, -0.2) is 17.3 Å². The van der Waals surface area contributed by atoms with Gasteiger partial charge in [-0.15, -0.1) is 0 Å². The van der Waals surface area contributed by atoms with E-state index in [1.165, 1.54) is 6.07 Å². The molecule has 0 spiro atoms. The number of ether oxygens (including phenoxy) is 1. The minimum absolute atomic E-state index is 0.151. The van der Waals surface area contributed by atoms with Crippen molar-refractivity contribution in [3.63, 3.8) is 0 Å². The van der Waals surface area contributed by atoms with Gasteiger partial charge in [0, 0.05) is 0 Å². The Kier molecular flexibility index (Phi) is 3.26. The van der Waals surface area contributed by atoms with E-state index >= 15 is 0 Å². The third-order valence-electron chi connectivity index (χ3n) is 2.60. The summed E-state index contributed by atoms with van der Waals surface area (Å²) in [6, 6.07) is 4.51. The fraction of sp³-hybridized carbons (Fsp3) is 0.455. The van der Waals surface area contributed by atoms with E-state index in [0.717, 1.165) is 19.3 Å². The number of benzene rings is 1. The Morgan fingerprint density at radius 1 is 1.40 bits per heavy atom. The Balaban J connectivity index is 2.07. The average Bonchev–Trinajstić information content (AvgIpc) is 2.59. The lowest BCUT2D eigenvalue weighted by molar-refractivity contribution is 0.0603. The SMILES string of the molecule is OC1CCCC1Oc1ccc(F)c(Br)c1. The van der Waals surface area contributed by atoms with E-state index in [1.54, 1.807) is 12.1 Å². The first-order chi connectivity index (χ1) is 7.16. The molecule has 1 aliphatic carbocycles. The summed E-state index contributed by atoms with van der Waals surface area (Å²) in [7, 11) is 0. The Morgan fingerprint density at radius 2 is 2.20 bits per heavy atom. The van der Waals surface area contributed by atoms with E-state index in [0.29, 0.717) is 10.2 Å². The first kappa shape index (κ1) is 10.9. The third-order valence-corrected chi connectivity index (χ3v) is 3.20. The number of rotatable bonds is 2. The molecule has 2 unspecified atom stereocenters. The molecule has 1 fully saturated rings. The van der Waals surface area contributed by atoms with Gasteiger partial charge in [0.05, 0.1) is 10.6 Å². The van der Waals surface area contributed by atoms with Gasteiger partial charge >= 0.3 is 0 Å². The average molecular weight is 275 g/mol. The molecule has 0 aliphatic heterocycles. The molecule has 2 rings (SSSR count). The molecule has 2 nitrogen and oxygen atoms in total. The minimum Gasteiger partial charge on any atom is -0.488 e. The summed E-state index contributed by atoms with van der Waals surface area (Å²) in [4.78, 5) is 0. The zero-order valence-corrected chi connectivity index (χ0v) is 9.71. The lowest BCUT2D eigenvalue weighted by Gasteiger charge is -2.17. The van der Waals surface area contributed by atoms with Crippen molar-refractivity contribution in [3.8, 4) is 5.75 Å². The maximum atomic E-state index is 12.9. The second-order valence-electron chi connectivity index (χ2n) is 3.73. The van der Waals surface area contributed by atoms with Crippen molar-refractivity contribution in [1.29, 1.82) is 0 Å². The van der Waals surface area contributed by atoms with Crippen LogP contribution in [0.25, 0.3) is 0 Å². The van der Waals surface area contributed by atoms with Crippen LogP contribution in [0, 0.1) is 5.82 Å². The molecule has 1 N–H and O–H groups in total. The van der Waals surface area contributed by atoms with Crippen molar-refractivity contribution < 1.29 is 14.2 Å². The fourth-order valence-corrected chi connectivity index (χ4v) is 2.13. The molecule has 0 saturated heterocycles. The van der Waals surface area contributed by atoms with Crippen molar-refractivity contribution in [3.05, 3.63) is 28.5 Å². The highest BCUT2D eigenvalue weighted by atomic mass is 79.9. The third kappa shape index (κ3) is 2.49. The lowest BCUT2D eigenvalue weighted by atomic mass is 10.2. The molecular formula is C11H12BrFO2. The van der Waals surface area contributed by atoms with Gasteiger partial charge in [0.25, 0.3) is 0 Å². The maximum absolute atomic E-state index is 12.9. The van der Waals surface area contributed by atoms with Crippen LogP contribution >= 0.6 is 15.9 Å². The fourth-order valence-electron chi connectivity index (χ4n) is 1.77. The van der Waals surface area contributed by atoms with Gasteiger partial charge in [-0.25, -0.2) is 4.39 Å². The number of halogens is 2. The highest BCUT2D eigenvalue weighted by Crippen LogP contribution is 2.27. The molecule has 0 aromatic heterocycles. The van der Waals surface area contributed by atoms with Gasteiger partial charge in [0.1, 0.15) is 17.7 Å². The molecule has 0 heterocycles. The predicted octanol–water partition coefficient (Wildman–Crippen LogP) is 2.88. The minimum atomic E-state index is -0.395. The van der Waals surface area contributed by atoms with Crippen LogP contribution in [0.1, 0.15) is 19.3 Å². The van der Waals surface area contributed by atoms with Gasteiger partial charge in [-0.3, -0.25) is 0 Å². The van der Waals surface area contributed by atoms with Crippen molar-refractivity contribution in [2.75, 3.05) is 0 Å². The van der Waals surface area contributed by atoms with Gasteiger partial charge in [0.2, 0.25) is 0 Å². The van der Waals surface area contributed by atoms with E-state index in [2.05, 4.69) is 15.9 Å². The second-order valence-corrected chi connectivity index (χ2v) is 4.58. The maximum Gasteiger partial charge on any atom is 0.137 e. The molecule has 15 heavy (non-hydrogen) atoms. The van der Waals surface area contributed by atoms with Crippen LogP contribution in [0.4, 0.5) is 4.39 Å². The summed E-state index contributed by atoms with van der Waals surface area (Å²) in [5.41, 5.74) is 0. The summed E-state index contributed by atoms with van der Waals surface area (Å²) in [5, 5.41) is 9.56. The number of aliphatic hydroxyl groups is 1. The van der Waals surface area contributed by atoms with Crippen LogP contribution in [0.5, 0.6) is 5.75 Å². The van der Waals surface area contributed by atoms with E-state index in [4.69, 9.17) is 4.74 Å². The van der Waals surface area contributed by atoms with Gasteiger partial charge in [-0.05, 0) is 53.4 Å². The smallest absolute Gasteiger partial charge is 0.137 e. The first-order valence-electron chi connectivity index (χ1n) is 4.96. The summed E-state index contributed by atoms with van der Waals surface area (Å²) < 4.78 is 18.9. The van der Waals surface area contributed by atoms with Crippen molar-refractivity contribution in [2.24, 2.45) is 0 Å². The molecule has 1 saturated carbocycles. The molecule has 1 aromatic carbocycles. The van der Waals surface area contributed by atoms with Gasteiger partial charge in [-0.1, -0.05) is 0 Å². The second kappa shape index (κ2) is 4.49. The summed E-state index contributed by atoms with van der Waals surface area (Å²) >= 11 is 3.09. The Hall–Kier alpha value is -0.610. The quantitative estimate of drug-likeness (QED) is 0.899. The molecule has 1 aliphatic rings. The van der Waals surface area contributed by atoms with Gasteiger partial charge in [-0.2, -0.15) is 0 Å². The molecule has 1 aromatic rings. The molecule has 0 radical (unpaired) electrons. The Morgan fingerprint density at radius 3 is 2.80 bits per heavy atom. The summed E-state index contributed by atoms with van der Waals surface area (Å²) in [6.07, 6.45) is 2.08. The monoisotopic (exact) mass is 274 g/mol. The molecule has 0 bridgehead atoms.